The lowest BCUT2D eigenvalue weighted by Gasteiger charge is -2.16. The lowest BCUT2D eigenvalue weighted by molar-refractivity contribution is 0.112. The molecule has 1 aromatic carbocycles. The number of carbonyl (C=O) groups is 1. The predicted molar refractivity (Wildman–Crippen MR) is 74.8 cm³/mol. The van der Waals surface area contributed by atoms with Gasteiger partial charge in [-0.3, -0.25) is 9.48 Å². The normalized spacial score (nSPS) is 10.6. The Morgan fingerprint density at radius 3 is 2.53 bits per heavy atom. The van der Waals surface area contributed by atoms with Gasteiger partial charge in [-0.15, -0.1) is 0 Å². The van der Waals surface area contributed by atoms with Crippen LogP contribution >= 0.6 is 0 Å². The summed E-state index contributed by atoms with van der Waals surface area (Å²) >= 11 is 0. The van der Waals surface area contributed by atoms with Gasteiger partial charge in [0.1, 0.15) is 5.75 Å². The molecule has 19 heavy (non-hydrogen) atoms. The Morgan fingerprint density at radius 1 is 1.26 bits per heavy atom. The van der Waals surface area contributed by atoms with E-state index >= 15 is 0 Å². The zero-order chi connectivity index (χ0) is 14.2. The maximum Gasteiger partial charge on any atom is 0.153 e. The van der Waals surface area contributed by atoms with E-state index in [-0.39, 0.29) is 0 Å². The summed E-state index contributed by atoms with van der Waals surface area (Å²) < 4.78 is 7.11. The van der Waals surface area contributed by atoms with Crippen molar-refractivity contribution in [1.29, 1.82) is 0 Å². The predicted octanol–water partition coefficient (Wildman–Crippen LogP) is 2.83. The summed E-state index contributed by atoms with van der Waals surface area (Å²) in [5.41, 5.74) is 5.80. The van der Waals surface area contributed by atoms with Gasteiger partial charge in [0.25, 0.3) is 0 Å². The second-order valence-electron chi connectivity index (χ2n) is 4.71. The summed E-state index contributed by atoms with van der Waals surface area (Å²) in [6, 6.07) is 2.00. The summed E-state index contributed by atoms with van der Waals surface area (Å²) in [7, 11) is 3.52. The molecule has 0 saturated carbocycles. The molecule has 1 heterocycles. The summed E-state index contributed by atoms with van der Waals surface area (Å²) in [5.74, 6) is 0.869. The van der Waals surface area contributed by atoms with Crippen molar-refractivity contribution in [1.82, 2.24) is 9.78 Å². The maximum absolute atomic E-state index is 11.2. The second kappa shape index (κ2) is 4.88. The van der Waals surface area contributed by atoms with Crippen molar-refractivity contribution in [3.05, 3.63) is 34.5 Å². The van der Waals surface area contributed by atoms with E-state index in [4.69, 9.17) is 4.74 Å². The third-order valence-corrected chi connectivity index (χ3v) is 3.60. The zero-order valence-electron chi connectivity index (χ0n) is 11.9. The molecule has 0 spiro atoms. The molecule has 0 aliphatic rings. The van der Waals surface area contributed by atoms with E-state index < -0.39 is 0 Å². The van der Waals surface area contributed by atoms with Crippen LogP contribution in [0.1, 0.15) is 27.0 Å². The number of ether oxygens (including phenoxy) is 1. The Morgan fingerprint density at radius 2 is 1.95 bits per heavy atom. The van der Waals surface area contributed by atoms with Crippen molar-refractivity contribution < 1.29 is 9.53 Å². The monoisotopic (exact) mass is 258 g/mol. The minimum absolute atomic E-state index is 0.610. The van der Waals surface area contributed by atoms with Crippen LogP contribution in [-0.4, -0.2) is 23.2 Å². The van der Waals surface area contributed by atoms with Crippen molar-refractivity contribution in [2.24, 2.45) is 7.05 Å². The van der Waals surface area contributed by atoms with Crippen molar-refractivity contribution >= 4 is 6.29 Å². The Balaban J connectivity index is 2.79. The quantitative estimate of drug-likeness (QED) is 0.795. The number of rotatable bonds is 3. The molecule has 4 nitrogen and oxygen atoms in total. The van der Waals surface area contributed by atoms with E-state index in [0.717, 1.165) is 40.0 Å². The zero-order valence-corrected chi connectivity index (χ0v) is 11.9. The van der Waals surface area contributed by atoms with Gasteiger partial charge in [0.15, 0.2) is 6.29 Å². The highest BCUT2D eigenvalue weighted by atomic mass is 16.5. The highest BCUT2D eigenvalue weighted by molar-refractivity contribution is 5.88. The SMILES string of the molecule is COc1cc(C)c(-c2c(C=O)cnn2C)c(C)c1C. The number of aryl methyl sites for hydroxylation is 2. The van der Waals surface area contributed by atoms with Crippen LogP contribution < -0.4 is 4.74 Å². The standard InChI is InChI=1S/C15H18N2O2/c1-9-6-13(19-5)10(2)11(3)14(9)15-12(8-18)7-16-17(15)4/h6-8H,1-5H3. The van der Waals surface area contributed by atoms with Gasteiger partial charge >= 0.3 is 0 Å². The first-order chi connectivity index (χ1) is 9.01. The number of carbonyl (C=O) groups excluding carboxylic acids is 1. The van der Waals surface area contributed by atoms with Crippen LogP contribution in [0.2, 0.25) is 0 Å². The van der Waals surface area contributed by atoms with Crippen LogP contribution in [0, 0.1) is 20.8 Å². The summed E-state index contributed by atoms with van der Waals surface area (Å²) in [6.45, 7) is 6.09. The van der Waals surface area contributed by atoms with Crippen molar-refractivity contribution in [2.75, 3.05) is 7.11 Å². The third-order valence-electron chi connectivity index (χ3n) is 3.60. The van der Waals surface area contributed by atoms with Gasteiger partial charge < -0.3 is 4.74 Å². The fourth-order valence-corrected chi connectivity index (χ4v) is 2.47. The molecule has 0 radical (unpaired) electrons. The number of hydrogen-bond acceptors (Lipinski definition) is 3. The van der Waals surface area contributed by atoms with Gasteiger partial charge in [0.2, 0.25) is 0 Å². The summed E-state index contributed by atoms with van der Waals surface area (Å²) in [6.07, 6.45) is 2.45. The van der Waals surface area contributed by atoms with Crippen LogP contribution in [0.3, 0.4) is 0 Å². The number of aldehydes is 1. The van der Waals surface area contributed by atoms with E-state index in [1.54, 1.807) is 18.0 Å². The Hall–Kier alpha value is -2.10. The van der Waals surface area contributed by atoms with E-state index in [2.05, 4.69) is 5.10 Å². The first kappa shape index (κ1) is 13.3. The Bertz CT molecular complexity index is 642. The first-order valence-corrected chi connectivity index (χ1v) is 6.13. The van der Waals surface area contributed by atoms with E-state index in [1.807, 2.05) is 33.9 Å². The van der Waals surface area contributed by atoms with Gasteiger partial charge in [-0.05, 0) is 43.5 Å². The van der Waals surface area contributed by atoms with Crippen LogP contribution in [0.5, 0.6) is 5.75 Å². The molecule has 0 amide bonds. The largest absolute Gasteiger partial charge is 0.496 e. The fourth-order valence-electron chi connectivity index (χ4n) is 2.47. The molecule has 2 aromatic rings. The van der Waals surface area contributed by atoms with Gasteiger partial charge in [0.05, 0.1) is 24.6 Å². The highest BCUT2D eigenvalue weighted by Crippen LogP contribution is 2.35. The van der Waals surface area contributed by atoms with Crippen LogP contribution in [0.15, 0.2) is 12.3 Å². The molecule has 0 aliphatic carbocycles. The molecule has 0 atom stereocenters. The Labute approximate surface area is 113 Å². The third kappa shape index (κ3) is 2.03. The molecule has 0 saturated heterocycles. The van der Waals surface area contributed by atoms with Crippen LogP contribution in [0.4, 0.5) is 0 Å². The summed E-state index contributed by atoms with van der Waals surface area (Å²) in [5, 5.41) is 4.17. The molecule has 0 fully saturated rings. The molecular weight excluding hydrogens is 240 g/mol. The minimum Gasteiger partial charge on any atom is -0.496 e. The van der Waals surface area contributed by atoms with Gasteiger partial charge in [-0.2, -0.15) is 5.10 Å². The number of nitrogens with zero attached hydrogens (tertiary/aromatic N) is 2. The first-order valence-electron chi connectivity index (χ1n) is 6.13. The van der Waals surface area contributed by atoms with Gasteiger partial charge in [-0.1, -0.05) is 0 Å². The fraction of sp³-hybridized carbons (Fsp3) is 0.333. The van der Waals surface area contributed by atoms with Crippen molar-refractivity contribution in [3.8, 4) is 17.0 Å². The van der Waals surface area contributed by atoms with Crippen molar-refractivity contribution in [2.45, 2.75) is 20.8 Å². The number of hydrogen-bond donors (Lipinski definition) is 0. The van der Waals surface area contributed by atoms with Gasteiger partial charge in [0, 0.05) is 12.6 Å². The van der Waals surface area contributed by atoms with Crippen LogP contribution in [0.25, 0.3) is 11.3 Å². The molecule has 1 aromatic heterocycles. The van der Waals surface area contributed by atoms with E-state index in [1.165, 1.54) is 0 Å². The second-order valence-corrected chi connectivity index (χ2v) is 4.71. The number of aromatic nitrogens is 2. The molecule has 100 valence electrons. The number of benzene rings is 1. The molecule has 0 unspecified atom stereocenters. The maximum atomic E-state index is 11.2. The van der Waals surface area contributed by atoms with Gasteiger partial charge in [-0.25, -0.2) is 0 Å². The van der Waals surface area contributed by atoms with E-state index in [9.17, 15) is 4.79 Å². The Kier molecular flexibility index (Phi) is 3.42. The molecule has 2 rings (SSSR count). The number of methoxy groups -OCH3 is 1. The lowest BCUT2D eigenvalue weighted by Crippen LogP contribution is -2.02. The topological polar surface area (TPSA) is 44.1 Å². The highest BCUT2D eigenvalue weighted by Gasteiger charge is 2.18. The molecule has 0 aliphatic heterocycles. The minimum atomic E-state index is 0.610. The molecular formula is C15H18N2O2. The summed E-state index contributed by atoms with van der Waals surface area (Å²) in [4.78, 5) is 11.2. The smallest absolute Gasteiger partial charge is 0.153 e. The van der Waals surface area contributed by atoms with Crippen molar-refractivity contribution in [3.63, 3.8) is 0 Å². The molecule has 0 bridgehead atoms. The lowest BCUT2D eigenvalue weighted by atomic mass is 9.93. The molecule has 0 N–H and O–H groups in total. The van der Waals surface area contributed by atoms with Crippen LogP contribution in [-0.2, 0) is 7.05 Å². The molecule has 4 heteroatoms. The van der Waals surface area contributed by atoms with E-state index in [0.29, 0.717) is 5.56 Å². The average Bonchev–Trinajstić information content (AvgIpc) is 2.75. The average molecular weight is 258 g/mol.